The standard InChI is InChI=1S/C15H18O3/c1-8-10-6-11-9(2)12(16)4-5-15(11,3)7-13(10)18-14(8)17/h4-5,10-13,16H,1-2,6-7H2,3H3/t10-,11+,12+,13-,15-/m1/s1. The van der Waals surface area contributed by atoms with Crippen LogP contribution in [0.5, 0.6) is 0 Å². The van der Waals surface area contributed by atoms with E-state index >= 15 is 0 Å². The van der Waals surface area contributed by atoms with E-state index in [1.165, 1.54) is 0 Å². The minimum atomic E-state index is -0.564. The van der Waals surface area contributed by atoms with E-state index < -0.39 is 6.10 Å². The molecule has 5 atom stereocenters. The van der Waals surface area contributed by atoms with Crippen molar-refractivity contribution in [3.63, 3.8) is 0 Å². The maximum absolute atomic E-state index is 11.6. The number of allylic oxidation sites excluding steroid dienone is 1. The van der Waals surface area contributed by atoms with Gasteiger partial charge in [-0.1, -0.05) is 32.2 Å². The number of rotatable bonds is 0. The molecule has 3 rings (SSSR count). The molecule has 0 radical (unpaired) electrons. The molecule has 0 aromatic rings. The van der Waals surface area contributed by atoms with Crippen LogP contribution in [0.25, 0.3) is 0 Å². The highest BCUT2D eigenvalue weighted by atomic mass is 16.6. The van der Waals surface area contributed by atoms with Gasteiger partial charge in [0.1, 0.15) is 6.10 Å². The number of hydrogen-bond acceptors (Lipinski definition) is 3. The van der Waals surface area contributed by atoms with E-state index in [9.17, 15) is 9.90 Å². The van der Waals surface area contributed by atoms with Gasteiger partial charge < -0.3 is 9.84 Å². The van der Waals surface area contributed by atoms with E-state index in [1.807, 2.05) is 0 Å². The second-order valence-corrected chi connectivity index (χ2v) is 5.95. The van der Waals surface area contributed by atoms with Crippen molar-refractivity contribution in [1.82, 2.24) is 0 Å². The number of carbonyl (C=O) groups excluding carboxylic acids is 1. The Hall–Kier alpha value is -1.35. The van der Waals surface area contributed by atoms with E-state index in [2.05, 4.69) is 26.2 Å². The monoisotopic (exact) mass is 246 g/mol. The average molecular weight is 246 g/mol. The van der Waals surface area contributed by atoms with Crippen molar-refractivity contribution in [3.8, 4) is 0 Å². The van der Waals surface area contributed by atoms with Crippen molar-refractivity contribution in [1.29, 1.82) is 0 Å². The molecule has 1 saturated heterocycles. The fraction of sp³-hybridized carbons (Fsp3) is 0.533. The molecule has 3 heteroatoms. The summed E-state index contributed by atoms with van der Waals surface area (Å²) in [6.45, 7) is 10.0. The van der Waals surface area contributed by atoms with E-state index in [-0.39, 0.29) is 29.3 Å². The van der Waals surface area contributed by atoms with Gasteiger partial charge in [-0.3, -0.25) is 0 Å². The van der Waals surface area contributed by atoms with E-state index in [0.717, 1.165) is 18.4 Å². The van der Waals surface area contributed by atoms with Crippen molar-refractivity contribution in [2.45, 2.75) is 32.0 Å². The van der Waals surface area contributed by atoms with Gasteiger partial charge in [0.2, 0.25) is 0 Å². The van der Waals surface area contributed by atoms with Gasteiger partial charge in [-0.25, -0.2) is 4.79 Å². The van der Waals surface area contributed by atoms with Crippen LogP contribution in [0.2, 0.25) is 0 Å². The number of aliphatic hydroxyl groups is 1. The van der Waals surface area contributed by atoms with Gasteiger partial charge >= 0.3 is 5.97 Å². The highest BCUT2D eigenvalue weighted by molar-refractivity contribution is 5.90. The summed E-state index contributed by atoms with van der Waals surface area (Å²) in [4.78, 5) is 11.6. The first-order valence-electron chi connectivity index (χ1n) is 6.38. The summed E-state index contributed by atoms with van der Waals surface area (Å²) in [7, 11) is 0. The zero-order chi connectivity index (χ0) is 13.1. The lowest BCUT2D eigenvalue weighted by Gasteiger charge is -2.47. The fourth-order valence-corrected chi connectivity index (χ4v) is 3.65. The minimum Gasteiger partial charge on any atom is -0.458 e. The lowest BCUT2D eigenvalue weighted by molar-refractivity contribution is -0.141. The third kappa shape index (κ3) is 1.43. The Bertz CT molecular complexity index is 476. The fourth-order valence-electron chi connectivity index (χ4n) is 3.65. The Morgan fingerprint density at radius 1 is 1.50 bits per heavy atom. The lowest BCUT2D eigenvalue weighted by Crippen LogP contribution is -2.44. The number of fused-ring (bicyclic) bond motifs is 2. The minimum absolute atomic E-state index is 0.0565. The molecule has 1 aliphatic heterocycles. The molecule has 0 unspecified atom stereocenters. The first kappa shape index (κ1) is 11.7. The largest absolute Gasteiger partial charge is 0.458 e. The van der Waals surface area contributed by atoms with Gasteiger partial charge in [0.05, 0.1) is 6.10 Å². The number of hydrogen-bond donors (Lipinski definition) is 1. The van der Waals surface area contributed by atoms with Crippen LogP contribution >= 0.6 is 0 Å². The van der Waals surface area contributed by atoms with Crippen molar-refractivity contribution >= 4 is 5.97 Å². The molecule has 18 heavy (non-hydrogen) atoms. The average Bonchev–Trinajstić information content (AvgIpc) is 2.58. The second-order valence-electron chi connectivity index (χ2n) is 5.95. The zero-order valence-electron chi connectivity index (χ0n) is 10.6. The third-order valence-electron chi connectivity index (χ3n) is 4.83. The molecule has 0 aromatic heterocycles. The molecular weight excluding hydrogens is 228 g/mol. The maximum atomic E-state index is 11.6. The van der Waals surface area contributed by atoms with Gasteiger partial charge in [-0.15, -0.1) is 0 Å². The first-order chi connectivity index (χ1) is 8.42. The number of aliphatic hydroxyl groups excluding tert-OH is 1. The maximum Gasteiger partial charge on any atom is 0.334 e. The van der Waals surface area contributed by atoms with Crippen LogP contribution in [-0.4, -0.2) is 23.3 Å². The Labute approximate surface area is 107 Å². The highest BCUT2D eigenvalue weighted by Crippen LogP contribution is 2.54. The van der Waals surface area contributed by atoms with Gasteiger partial charge in [0.25, 0.3) is 0 Å². The molecule has 0 amide bonds. The predicted octanol–water partition coefficient (Wildman–Crippen LogP) is 1.99. The van der Waals surface area contributed by atoms with Crippen molar-refractivity contribution in [3.05, 3.63) is 36.5 Å². The van der Waals surface area contributed by atoms with Crippen molar-refractivity contribution < 1.29 is 14.6 Å². The van der Waals surface area contributed by atoms with Gasteiger partial charge in [0, 0.05) is 11.5 Å². The van der Waals surface area contributed by atoms with Crippen LogP contribution < -0.4 is 0 Å². The molecule has 3 nitrogen and oxygen atoms in total. The van der Waals surface area contributed by atoms with Crippen LogP contribution in [0.4, 0.5) is 0 Å². The molecule has 0 bridgehead atoms. The number of esters is 1. The second kappa shape index (κ2) is 3.58. The van der Waals surface area contributed by atoms with Crippen LogP contribution in [0.15, 0.2) is 36.5 Å². The summed E-state index contributed by atoms with van der Waals surface area (Å²) in [5, 5.41) is 9.88. The molecule has 0 spiro atoms. The van der Waals surface area contributed by atoms with Crippen LogP contribution in [-0.2, 0) is 9.53 Å². The molecule has 2 fully saturated rings. The summed E-state index contributed by atoms with van der Waals surface area (Å²) in [6, 6.07) is 0. The van der Waals surface area contributed by atoms with E-state index in [4.69, 9.17) is 4.74 Å². The molecule has 96 valence electrons. The summed E-state index contributed by atoms with van der Waals surface area (Å²) >= 11 is 0. The molecule has 1 N–H and O–H groups in total. The lowest BCUT2D eigenvalue weighted by atomic mass is 9.58. The molecular formula is C15H18O3. The number of ether oxygens (including phenoxy) is 1. The van der Waals surface area contributed by atoms with Gasteiger partial charge in [0.15, 0.2) is 0 Å². The molecule has 2 aliphatic carbocycles. The van der Waals surface area contributed by atoms with Crippen molar-refractivity contribution in [2.75, 3.05) is 0 Å². The zero-order valence-corrected chi connectivity index (χ0v) is 10.6. The van der Waals surface area contributed by atoms with E-state index in [1.54, 1.807) is 6.08 Å². The van der Waals surface area contributed by atoms with Gasteiger partial charge in [-0.05, 0) is 29.7 Å². The molecule has 3 aliphatic rings. The quantitative estimate of drug-likeness (QED) is 0.404. The smallest absolute Gasteiger partial charge is 0.334 e. The predicted molar refractivity (Wildman–Crippen MR) is 67.6 cm³/mol. The molecule has 1 saturated carbocycles. The normalized spacial score (nSPS) is 46.7. The van der Waals surface area contributed by atoms with E-state index in [0.29, 0.717) is 5.57 Å². The third-order valence-corrected chi connectivity index (χ3v) is 4.83. The van der Waals surface area contributed by atoms with Crippen LogP contribution in [0, 0.1) is 17.3 Å². The topological polar surface area (TPSA) is 46.5 Å². The van der Waals surface area contributed by atoms with Crippen LogP contribution in [0.3, 0.4) is 0 Å². The summed E-state index contributed by atoms with van der Waals surface area (Å²) < 4.78 is 5.39. The van der Waals surface area contributed by atoms with Crippen molar-refractivity contribution in [2.24, 2.45) is 17.3 Å². The Morgan fingerprint density at radius 2 is 2.22 bits per heavy atom. The molecule has 0 aromatic carbocycles. The SMILES string of the molecule is C=C1C(=O)O[C@@H]2C[C@@]3(C)C=C[C@H](O)C(=C)[C@@H]3C[C@H]12. The Kier molecular flexibility index (Phi) is 2.33. The Balaban J connectivity index is 1.96. The number of carbonyl (C=O) groups is 1. The first-order valence-corrected chi connectivity index (χ1v) is 6.38. The van der Waals surface area contributed by atoms with Crippen LogP contribution in [0.1, 0.15) is 19.8 Å². The summed E-state index contributed by atoms with van der Waals surface area (Å²) in [5.41, 5.74) is 1.37. The van der Waals surface area contributed by atoms with Gasteiger partial charge in [-0.2, -0.15) is 0 Å². The highest BCUT2D eigenvalue weighted by Gasteiger charge is 2.52. The molecule has 1 heterocycles. The summed E-state index contributed by atoms with van der Waals surface area (Å²) in [5.74, 6) is 0.0263. The Morgan fingerprint density at radius 3 is 2.94 bits per heavy atom. The summed E-state index contributed by atoms with van der Waals surface area (Å²) in [6.07, 6.45) is 4.82.